The summed E-state index contributed by atoms with van der Waals surface area (Å²) in [4.78, 5) is 7.30. The fraction of sp³-hybridized carbons (Fsp3) is 0.389. The van der Waals surface area contributed by atoms with Crippen molar-refractivity contribution in [2.45, 2.75) is 50.5 Å². The zero-order chi connectivity index (χ0) is 19.0. The normalized spacial score (nSPS) is 15.0. The molecule has 3 aromatic heterocycles. The quantitative estimate of drug-likeness (QED) is 0.672. The SMILES string of the molecule is Cc1[nH]c(-c2nnc(C3CCC3)o2)c(C)c1S(=O)(=O)NCc1cccnc1. The third kappa shape index (κ3) is 3.40. The highest BCUT2D eigenvalue weighted by Crippen LogP contribution is 2.37. The Morgan fingerprint density at radius 1 is 1.30 bits per heavy atom. The predicted molar refractivity (Wildman–Crippen MR) is 98.4 cm³/mol. The highest BCUT2D eigenvalue weighted by Gasteiger charge is 2.29. The number of aromatic nitrogens is 4. The number of H-pyrrole nitrogens is 1. The molecular formula is C18H21N5O3S. The van der Waals surface area contributed by atoms with Crippen LogP contribution in [0.4, 0.5) is 0 Å². The molecule has 0 spiro atoms. The first-order valence-electron chi connectivity index (χ1n) is 8.87. The van der Waals surface area contributed by atoms with E-state index in [1.807, 2.05) is 6.07 Å². The molecule has 27 heavy (non-hydrogen) atoms. The van der Waals surface area contributed by atoms with Crippen LogP contribution in [0.2, 0.25) is 0 Å². The minimum atomic E-state index is -3.71. The lowest BCUT2D eigenvalue weighted by Crippen LogP contribution is -2.24. The predicted octanol–water partition coefficient (Wildman–Crippen LogP) is 2.82. The Morgan fingerprint density at radius 2 is 2.11 bits per heavy atom. The molecule has 1 aliphatic carbocycles. The molecule has 0 unspecified atom stereocenters. The maximum atomic E-state index is 12.8. The Bertz CT molecular complexity index is 1050. The Morgan fingerprint density at radius 3 is 2.78 bits per heavy atom. The van der Waals surface area contributed by atoms with Crippen molar-refractivity contribution in [3.8, 4) is 11.6 Å². The molecule has 2 N–H and O–H groups in total. The van der Waals surface area contributed by atoms with Crippen molar-refractivity contribution in [2.75, 3.05) is 0 Å². The van der Waals surface area contributed by atoms with Gasteiger partial charge in [0.05, 0.1) is 0 Å². The summed E-state index contributed by atoms with van der Waals surface area (Å²) < 4.78 is 34.1. The van der Waals surface area contributed by atoms with E-state index in [0.717, 1.165) is 18.4 Å². The maximum Gasteiger partial charge on any atom is 0.264 e. The molecule has 0 atom stereocenters. The largest absolute Gasteiger partial charge is 0.419 e. The van der Waals surface area contributed by atoms with Gasteiger partial charge in [0, 0.05) is 30.6 Å². The summed E-state index contributed by atoms with van der Waals surface area (Å²) in [5.74, 6) is 1.28. The van der Waals surface area contributed by atoms with Crippen LogP contribution in [0, 0.1) is 13.8 Å². The monoisotopic (exact) mass is 387 g/mol. The van der Waals surface area contributed by atoms with E-state index < -0.39 is 10.0 Å². The minimum Gasteiger partial charge on any atom is -0.419 e. The molecule has 9 heteroatoms. The molecule has 1 aliphatic rings. The average molecular weight is 387 g/mol. The van der Waals surface area contributed by atoms with E-state index in [4.69, 9.17) is 4.42 Å². The van der Waals surface area contributed by atoms with Crippen LogP contribution in [0.25, 0.3) is 11.6 Å². The molecule has 0 aliphatic heterocycles. The zero-order valence-corrected chi connectivity index (χ0v) is 16.0. The van der Waals surface area contributed by atoms with Gasteiger partial charge in [0.1, 0.15) is 10.6 Å². The number of pyridine rings is 1. The summed E-state index contributed by atoms with van der Waals surface area (Å²) in [6.07, 6.45) is 6.57. The van der Waals surface area contributed by atoms with Crippen molar-refractivity contribution >= 4 is 10.0 Å². The van der Waals surface area contributed by atoms with Crippen molar-refractivity contribution < 1.29 is 12.8 Å². The lowest BCUT2D eigenvalue weighted by molar-refractivity contribution is 0.338. The molecule has 0 radical (unpaired) electrons. The van der Waals surface area contributed by atoms with E-state index >= 15 is 0 Å². The van der Waals surface area contributed by atoms with Crippen LogP contribution in [-0.4, -0.2) is 28.6 Å². The molecule has 4 rings (SSSR count). The number of sulfonamides is 1. The van der Waals surface area contributed by atoms with Crippen LogP contribution in [0.5, 0.6) is 0 Å². The Kier molecular flexibility index (Phi) is 4.56. The van der Waals surface area contributed by atoms with Gasteiger partial charge in [0.15, 0.2) is 0 Å². The zero-order valence-electron chi connectivity index (χ0n) is 15.2. The summed E-state index contributed by atoms with van der Waals surface area (Å²) in [5.41, 5.74) is 2.43. The first kappa shape index (κ1) is 17.9. The number of hydrogen-bond acceptors (Lipinski definition) is 6. The van der Waals surface area contributed by atoms with Gasteiger partial charge < -0.3 is 9.40 Å². The molecular weight excluding hydrogens is 366 g/mol. The van der Waals surface area contributed by atoms with Gasteiger partial charge in [-0.05, 0) is 43.9 Å². The molecule has 1 saturated carbocycles. The number of rotatable bonds is 6. The molecule has 0 amide bonds. The molecule has 0 aromatic carbocycles. The van der Waals surface area contributed by atoms with E-state index in [9.17, 15) is 8.42 Å². The van der Waals surface area contributed by atoms with Crippen LogP contribution >= 0.6 is 0 Å². The molecule has 0 saturated heterocycles. The van der Waals surface area contributed by atoms with Gasteiger partial charge >= 0.3 is 0 Å². The van der Waals surface area contributed by atoms with E-state index in [1.54, 1.807) is 32.3 Å². The van der Waals surface area contributed by atoms with Crippen molar-refractivity contribution in [1.29, 1.82) is 0 Å². The van der Waals surface area contributed by atoms with Crippen LogP contribution in [-0.2, 0) is 16.6 Å². The fourth-order valence-corrected chi connectivity index (χ4v) is 4.72. The number of nitrogens with zero attached hydrogens (tertiary/aromatic N) is 3. The molecule has 0 bridgehead atoms. The Labute approximate surface area is 157 Å². The van der Waals surface area contributed by atoms with E-state index in [-0.39, 0.29) is 11.4 Å². The van der Waals surface area contributed by atoms with Gasteiger partial charge in [-0.2, -0.15) is 0 Å². The lowest BCUT2D eigenvalue weighted by atomic mass is 9.85. The summed E-state index contributed by atoms with van der Waals surface area (Å²) in [6, 6.07) is 3.59. The first-order chi connectivity index (χ1) is 13.0. The molecule has 1 fully saturated rings. The average Bonchev–Trinajstić information content (AvgIpc) is 3.17. The standard InChI is InChI=1S/C18H21N5O3S/c1-11-15(18-23-22-17(26-18)14-6-3-7-14)21-12(2)16(11)27(24,25)20-10-13-5-4-8-19-9-13/h4-5,8-9,14,20-21H,3,6-7,10H2,1-2H3. The number of aromatic amines is 1. The Balaban J connectivity index is 1.60. The van der Waals surface area contributed by atoms with Gasteiger partial charge in [-0.15, -0.1) is 10.2 Å². The third-order valence-corrected chi connectivity index (χ3v) is 6.61. The summed E-state index contributed by atoms with van der Waals surface area (Å²) in [7, 11) is -3.71. The number of aryl methyl sites for hydroxylation is 1. The highest BCUT2D eigenvalue weighted by atomic mass is 32.2. The topological polar surface area (TPSA) is 114 Å². The van der Waals surface area contributed by atoms with Gasteiger partial charge in [-0.25, -0.2) is 13.1 Å². The highest BCUT2D eigenvalue weighted by molar-refractivity contribution is 7.89. The number of hydrogen-bond donors (Lipinski definition) is 2. The maximum absolute atomic E-state index is 12.8. The van der Waals surface area contributed by atoms with Crippen molar-refractivity contribution in [1.82, 2.24) is 24.9 Å². The van der Waals surface area contributed by atoms with Crippen molar-refractivity contribution in [3.05, 3.63) is 47.2 Å². The molecule has 8 nitrogen and oxygen atoms in total. The van der Waals surface area contributed by atoms with Crippen molar-refractivity contribution in [3.63, 3.8) is 0 Å². The van der Waals surface area contributed by atoms with E-state index in [2.05, 4.69) is 24.9 Å². The third-order valence-electron chi connectivity index (χ3n) is 4.94. The number of nitrogens with one attached hydrogen (secondary N) is 2. The van der Waals surface area contributed by atoms with Crippen LogP contribution in [0.15, 0.2) is 33.8 Å². The second-order valence-corrected chi connectivity index (χ2v) is 8.54. The van der Waals surface area contributed by atoms with Gasteiger partial charge in [0.25, 0.3) is 5.89 Å². The Hall–Kier alpha value is -2.52. The van der Waals surface area contributed by atoms with Gasteiger partial charge in [-0.3, -0.25) is 4.98 Å². The first-order valence-corrected chi connectivity index (χ1v) is 10.4. The second-order valence-electron chi connectivity index (χ2n) is 6.84. The van der Waals surface area contributed by atoms with Crippen molar-refractivity contribution in [2.24, 2.45) is 0 Å². The van der Waals surface area contributed by atoms with Gasteiger partial charge in [0.2, 0.25) is 15.9 Å². The summed E-state index contributed by atoms with van der Waals surface area (Å²) in [5, 5.41) is 8.23. The summed E-state index contributed by atoms with van der Waals surface area (Å²) in [6.45, 7) is 3.63. The van der Waals surface area contributed by atoms with Crippen LogP contribution < -0.4 is 4.72 Å². The lowest BCUT2D eigenvalue weighted by Gasteiger charge is -2.20. The van der Waals surface area contributed by atoms with E-state index in [0.29, 0.717) is 34.7 Å². The van der Waals surface area contributed by atoms with Crippen LogP contribution in [0.3, 0.4) is 0 Å². The van der Waals surface area contributed by atoms with Gasteiger partial charge in [-0.1, -0.05) is 12.5 Å². The molecule has 3 heterocycles. The fourth-order valence-electron chi connectivity index (χ4n) is 3.26. The van der Waals surface area contributed by atoms with Crippen LogP contribution in [0.1, 0.15) is 47.9 Å². The molecule has 142 valence electrons. The van der Waals surface area contributed by atoms with E-state index in [1.165, 1.54) is 6.42 Å². The molecule has 3 aromatic rings. The minimum absolute atomic E-state index is 0.169. The summed E-state index contributed by atoms with van der Waals surface area (Å²) >= 11 is 0. The second kappa shape index (κ2) is 6.90. The smallest absolute Gasteiger partial charge is 0.264 e.